The third-order valence-electron chi connectivity index (χ3n) is 4.57. The number of aromatic nitrogens is 2. The molecule has 140 valence electrons. The number of anilines is 3. The van der Waals surface area contributed by atoms with Crippen LogP contribution in [0.4, 0.5) is 17.5 Å². The molecule has 8 heteroatoms. The van der Waals surface area contributed by atoms with Crippen molar-refractivity contribution in [3.8, 4) is 11.8 Å². The fourth-order valence-electron chi connectivity index (χ4n) is 3.12. The van der Waals surface area contributed by atoms with Crippen LogP contribution in [-0.2, 0) is 0 Å². The fourth-order valence-corrected chi connectivity index (χ4v) is 3.12. The topological polar surface area (TPSA) is 117 Å². The van der Waals surface area contributed by atoms with Gasteiger partial charge < -0.3 is 20.7 Å². The van der Waals surface area contributed by atoms with Crippen molar-refractivity contribution in [3.05, 3.63) is 35.0 Å². The second-order valence-electron chi connectivity index (χ2n) is 6.40. The van der Waals surface area contributed by atoms with Crippen molar-refractivity contribution in [1.82, 2.24) is 14.9 Å². The number of likely N-dealkylation sites (tertiary alicyclic amines) is 1. The zero-order valence-corrected chi connectivity index (χ0v) is 15.5. The lowest BCUT2D eigenvalue weighted by atomic mass is 10.1. The third-order valence-corrected chi connectivity index (χ3v) is 4.57. The normalized spacial score (nSPS) is 13.7. The molecule has 1 aromatic carbocycles. The van der Waals surface area contributed by atoms with E-state index in [2.05, 4.69) is 15.3 Å². The minimum Gasteiger partial charge on any atom is -0.495 e. The lowest BCUT2D eigenvalue weighted by molar-refractivity contribution is 0.0724. The Labute approximate surface area is 158 Å². The molecule has 3 N–H and O–H groups in total. The number of methoxy groups -OCH3 is 1. The first-order chi connectivity index (χ1) is 13.0. The number of nitrogens with two attached hydrogens (primary N) is 1. The Morgan fingerprint density at radius 2 is 2.04 bits per heavy atom. The zero-order chi connectivity index (χ0) is 19.4. The minimum absolute atomic E-state index is 0.00858. The summed E-state index contributed by atoms with van der Waals surface area (Å²) in [5.41, 5.74) is 7.74. The Kier molecular flexibility index (Phi) is 5.41. The van der Waals surface area contributed by atoms with Gasteiger partial charge >= 0.3 is 0 Å². The van der Waals surface area contributed by atoms with Crippen LogP contribution in [0.3, 0.4) is 0 Å². The highest BCUT2D eigenvalue weighted by molar-refractivity contribution is 5.95. The lowest BCUT2D eigenvalue weighted by Crippen LogP contribution is -2.35. The summed E-state index contributed by atoms with van der Waals surface area (Å²) in [5.74, 6) is 0.886. The molecule has 1 aliphatic heterocycles. The number of aryl methyl sites for hydroxylation is 1. The predicted octanol–water partition coefficient (Wildman–Crippen LogP) is 2.62. The van der Waals surface area contributed by atoms with Gasteiger partial charge in [-0.2, -0.15) is 10.2 Å². The molecule has 0 radical (unpaired) electrons. The maximum absolute atomic E-state index is 12.7. The van der Waals surface area contributed by atoms with Crippen LogP contribution in [0.2, 0.25) is 0 Å². The molecule has 0 aliphatic carbocycles. The molecule has 1 saturated heterocycles. The molecule has 3 rings (SSSR count). The first-order valence-corrected chi connectivity index (χ1v) is 8.82. The fraction of sp³-hybridized carbons (Fsp3) is 0.368. The monoisotopic (exact) mass is 366 g/mol. The molecule has 1 aromatic heterocycles. The van der Waals surface area contributed by atoms with Crippen LogP contribution < -0.4 is 15.8 Å². The number of nitriles is 1. The molecule has 27 heavy (non-hydrogen) atoms. The van der Waals surface area contributed by atoms with E-state index in [1.807, 2.05) is 11.0 Å². The number of hydrogen-bond donors (Lipinski definition) is 2. The second kappa shape index (κ2) is 7.91. The van der Waals surface area contributed by atoms with E-state index in [0.717, 1.165) is 25.9 Å². The molecule has 1 amide bonds. The number of ether oxygens (including phenoxy) is 1. The summed E-state index contributed by atoms with van der Waals surface area (Å²) in [6.07, 6.45) is 3.25. The molecule has 1 aliphatic rings. The van der Waals surface area contributed by atoms with Crippen molar-refractivity contribution in [1.29, 1.82) is 5.26 Å². The summed E-state index contributed by atoms with van der Waals surface area (Å²) in [6.45, 7) is 3.27. The van der Waals surface area contributed by atoms with Crippen molar-refractivity contribution in [3.63, 3.8) is 0 Å². The van der Waals surface area contributed by atoms with Gasteiger partial charge in [0.1, 0.15) is 23.2 Å². The quantitative estimate of drug-likeness (QED) is 0.854. The summed E-state index contributed by atoms with van der Waals surface area (Å²) in [6, 6.07) is 7.20. The van der Waals surface area contributed by atoms with Crippen molar-refractivity contribution in [2.45, 2.75) is 26.2 Å². The molecule has 0 bridgehead atoms. The zero-order valence-electron chi connectivity index (χ0n) is 15.5. The number of rotatable bonds is 4. The molecular formula is C19H22N6O2. The second-order valence-corrected chi connectivity index (χ2v) is 6.40. The Bertz CT molecular complexity index is 877. The van der Waals surface area contributed by atoms with Crippen molar-refractivity contribution < 1.29 is 9.53 Å². The highest BCUT2D eigenvalue weighted by Crippen LogP contribution is 2.29. The van der Waals surface area contributed by atoms with E-state index in [0.29, 0.717) is 22.7 Å². The smallest absolute Gasteiger partial charge is 0.253 e. The van der Waals surface area contributed by atoms with E-state index < -0.39 is 0 Å². The Morgan fingerprint density at radius 3 is 2.67 bits per heavy atom. The molecule has 0 atom stereocenters. The van der Waals surface area contributed by atoms with Crippen LogP contribution in [0.1, 0.15) is 40.9 Å². The van der Waals surface area contributed by atoms with E-state index in [1.165, 1.54) is 13.5 Å². The molecule has 8 nitrogen and oxygen atoms in total. The molecule has 2 heterocycles. The van der Waals surface area contributed by atoms with Crippen molar-refractivity contribution >= 4 is 23.4 Å². The van der Waals surface area contributed by atoms with Gasteiger partial charge in [-0.25, -0.2) is 4.98 Å². The van der Waals surface area contributed by atoms with Gasteiger partial charge in [0.2, 0.25) is 5.95 Å². The Balaban J connectivity index is 1.85. The SMILES string of the molecule is COc1cc(C(=O)N2CCCCC2)ccc1Nc1nc(C)c(C#N)c(N)n1. The first kappa shape index (κ1) is 18.5. The van der Waals surface area contributed by atoms with Gasteiger partial charge in [-0.15, -0.1) is 0 Å². The number of carbonyl (C=O) groups excluding carboxylic acids is 1. The van der Waals surface area contributed by atoms with Gasteiger partial charge in [-0.3, -0.25) is 4.79 Å². The average Bonchev–Trinajstić information content (AvgIpc) is 2.68. The van der Waals surface area contributed by atoms with E-state index in [1.54, 1.807) is 25.1 Å². The number of benzene rings is 1. The number of piperidine rings is 1. The molecule has 0 saturated carbocycles. The number of nitrogens with zero attached hydrogens (tertiary/aromatic N) is 4. The van der Waals surface area contributed by atoms with Crippen LogP contribution in [-0.4, -0.2) is 41.0 Å². The van der Waals surface area contributed by atoms with Crippen LogP contribution in [0.5, 0.6) is 5.75 Å². The van der Waals surface area contributed by atoms with Crippen molar-refractivity contribution in [2.75, 3.05) is 31.2 Å². The summed E-state index contributed by atoms with van der Waals surface area (Å²) in [5, 5.41) is 12.1. The van der Waals surface area contributed by atoms with Crippen molar-refractivity contribution in [2.24, 2.45) is 0 Å². The van der Waals surface area contributed by atoms with Crippen LogP contribution in [0.15, 0.2) is 18.2 Å². The van der Waals surface area contributed by atoms with Gasteiger partial charge in [-0.05, 0) is 44.4 Å². The summed E-state index contributed by atoms with van der Waals surface area (Å²) >= 11 is 0. The Morgan fingerprint density at radius 1 is 1.30 bits per heavy atom. The van der Waals surface area contributed by atoms with Crippen LogP contribution in [0, 0.1) is 18.3 Å². The Hall–Kier alpha value is -3.34. The highest BCUT2D eigenvalue weighted by Gasteiger charge is 2.20. The lowest BCUT2D eigenvalue weighted by Gasteiger charge is -2.27. The number of nitrogens with one attached hydrogen (secondary N) is 1. The van der Waals surface area contributed by atoms with E-state index in [4.69, 9.17) is 15.7 Å². The minimum atomic E-state index is 0.00858. The maximum Gasteiger partial charge on any atom is 0.253 e. The van der Waals surface area contributed by atoms with Crippen LogP contribution in [0.25, 0.3) is 0 Å². The van der Waals surface area contributed by atoms with Gasteiger partial charge in [0, 0.05) is 18.7 Å². The first-order valence-electron chi connectivity index (χ1n) is 8.82. The molecule has 1 fully saturated rings. The van der Waals surface area contributed by atoms with E-state index >= 15 is 0 Å². The highest BCUT2D eigenvalue weighted by atomic mass is 16.5. The summed E-state index contributed by atoms with van der Waals surface area (Å²) in [7, 11) is 1.54. The number of hydrogen-bond acceptors (Lipinski definition) is 7. The molecule has 2 aromatic rings. The average molecular weight is 366 g/mol. The van der Waals surface area contributed by atoms with Gasteiger partial charge in [0.15, 0.2) is 0 Å². The maximum atomic E-state index is 12.7. The number of nitrogen functional groups attached to an aromatic ring is 1. The third kappa shape index (κ3) is 3.92. The van der Waals surface area contributed by atoms with Gasteiger partial charge in [0.05, 0.1) is 18.5 Å². The standard InChI is InChI=1S/C19H22N6O2/c1-12-14(11-20)17(21)24-19(22-12)23-15-7-6-13(10-16(15)27-2)18(26)25-8-4-3-5-9-25/h6-7,10H,3-5,8-9H2,1-2H3,(H3,21,22,23,24). The largest absolute Gasteiger partial charge is 0.495 e. The van der Waals surface area contributed by atoms with Crippen LogP contribution >= 0.6 is 0 Å². The predicted molar refractivity (Wildman–Crippen MR) is 102 cm³/mol. The molecule has 0 unspecified atom stereocenters. The molecular weight excluding hydrogens is 344 g/mol. The van der Waals surface area contributed by atoms with E-state index in [-0.39, 0.29) is 23.2 Å². The van der Waals surface area contributed by atoms with Gasteiger partial charge in [0.25, 0.3) is 5.91 Å². The summed E-state index contributed by atoms with van der Waals surface area (Å²) in [4.78, 5) is 22.9. The molecule has 0 spiro atoms. The van der Waals surface area contributed by atoms with E-state index in [9.17, 15) is 4.79 Å². The van der Waals surface area contributed by atoms with Gasteiger partial charge in [-0.1, -0.05) is 0 Å². The summed E-state index contributed by atoms with van der Waals surface area (Å²) < 4.78 is 5.43. The number of amides is 1. The number of carbonyl (C=O) groups is 1.